The van der Waals surface area contributed by atoms with E-state index in [1.54, 1.807) is 6.20 Å². The van der Waals surface area contributed by atoms with Crippen molar-refractivity contribution in [3.63, 3.8) is 0 Å². The molecular weight excluding hydrogens is 311 g/mol. The van der Waals surface area contributed by atoms with E-state index in [0.717, 1.165) is 24.5 Å². The van der Waals surface area contributed by atoms with Gasteiger partial charge >= 0.3 is 6.03 Å². The molecule has 1 fully saturated rings. The summed E-state index contributed by atoms with van der Waals surface area (Å²) in [5.41, 5.74) is 1.47. The quantitative estimate of drug-likeness (QED) is 0.903. The van der Waals surface area contributed by atoms with Gasteiger partial charge in [0.1, 0.15) is 11.6 Å². The van der Waals surface area contributed by atoms with Crippen LogP contribution in [0.5, 0.6) is 0 Å². The monoisotopic (exact) mass is 330 g/mol. The van der Waals surface area contributed by atoms with Gasteiger partial charge in [0.15, 0.2) is 0 Å². The fourth-order valence-corrected chi connectivity index (χ4v) is 2.51. The first-order chi connectivity index (χ1) is 11.7. The lowest BCUT2D eigenvalue weighted by Gasteiger charge is -2.29. The third-order valence-electron chi connectivity index (χ3n) is 3.72. The summed E-state index contributed by atoms with van der Waals surface area (Å²) in [6.07, 6.45) is 1.74. The molecule has 2 heterocycles. The topological polar surface area (TPSA) is 66.5 Å². The number of amides is 2. The molecule has 0 saturated carbocycles. The molecule has 1 aromatic heterocycles. The van der Waals surface area contributed by atoms with Gasteiger partial charge in [0.25, 0.3) is 0 Å². The average Bonchev–Trinajstić information content (AvgIpc) is 2.63. The van der Waals surface area contributed by atoms with Crippen molar-refractivity contribution in [1.29, 1.82) is 0 Å². The molecule has 1 saturated heterocycles. The molecule has 2 N–H and O–H groups in total. The maximum atomic E-state index is 12.9. The fourth-order valence-electron chi connectivity index (χ4n) is 2.51. The highest BCUT2D eigenvalue weighted by Gasteiger charge is 2.16. The number of hydrogen-bond acceptors (Lipinski definition) is 4. The molecule has 0 aliphatic carbocycles. The number of urea groups is 1. The van der Waals surface area contributed by atoms with E-state index in [-0.39, 0.29) is 11.8 Å². The number of halogens is 1. The van der Waals surface area contributed by atoms with Gasteiger partial charge in [-0.3, -0.25) is 0 Å². The number of ether oxygens (including phenoxy) is 1. The molecule has 1 aromatic carbocycles. The maximum absolute atomic E-state index is 12.9. The zero-order valence-electron chi connectivity index (χ0n) is 13.2. The normalized spacial score (nSPS) is 14.3. The van der Waals surface area contributed by atoms with Crippen LogP contribution in [0.4, 0.5) is 20.7 Å². The molecule has 0 unspecified atom stereocenters. The van der Waals surface area contributed by atoms with E-state index >= 15 is 0 Å². The Labute approximate surface area is 139 Å². The maximum Gasteiger partial charge on any atom is 0.319 e. The third kappa shape index (κ3) is 4.20. The van der Waals surface area contributed by atoms with Gasteiger partial charge in [-0.15, -0.1) is 0 Å². The number of carbonyl (C=O) groups excluding carboxylic acids is 1. The minimum absolute atomic E-state index is 0.341. The Hall–Kier alpha value is -2.67. The molecule has 0 radical (unpaired) electrons. The molecular formula is C17H19FN4O2. The fraction of sp³-hybridized carbons (Fsp3) is 0.294. The summed E-state index contributed by atoms with van der Waals surface area (Å²) in [6, 6.07) is 9.06. The van der Waals surface area contributed by atoms with Crippen LogP contribution in [0.25, 0.3) is 0 Å². The highest BCUT2D eigenvalue weighted by molar-refractivity contribution is 5.89. The molecule has 2 aromatic rings. The first-order valence-corrected chi connectivity index (χ1v) is 7.79. The van der Waals surface area contributed by atoms with Gasteiger partial charge < -0.3 is 20.3 Å². The molecule has 0 spiro atoms. The summed E-state index contributed by atoms with van der Waals surface area (Å²) in [4.78, 5) is 18.6. The Morgan fingerprint density at radius 3 is 2.71 bits per heavy atom. The van der Waals surface area contributed by atoms with Crippen LogP contribution in [0, 0.1) is 5.82 Å². The molecule has 1 aliphatic heterocycles. The van der Waals surface area contributed by atoms with E-state index in [1.807, 2.05) is 12.1 Å². The molecule has 7 heteroatoms. The average molecular weight is 330 g/mol. The van der Waals surface area contributed by atoms with Gasteiger partial charge in [-0.2, -0.15) is 0 Å². The number of carbonyl (C=O) groups is 1. The standard InChI is InChI=1S/C17H19FN4O2/c18-14-3-5-15(6-4-14)21-17(23)20-12-13-2-1-7-19-16(13)22-8-10-24-11-9-22/h1-7H,8-12H2,(H2,20,21,23). The first kappa shape index (κ1) is 16.2. The predicted octanol–water partition coefficient (Wildman–Crippen LogP) is 2.38. The summed E-state index contributed by atoms with van der Waals surface area (Å²) in [6.45, 7) is 3.27. The minimum atomic E-state index is -0.349. The van der Waals surface area contributed by atoms with E-state index in [1.165, 1.54) is 24.3 Å². The Morgan fingerprint density at radius 1 is 1.21 bits per heavy atom. The van der Waals surface area contributed by atoms with Crippen LogP contribution in [0.3, 0.4) is 0 Å². The molecule has 2 amide bonds. The molecule has 3 rings (SSSR count). The summed E-state index contributed by atoms with van der Waals surface area (Å²) in [5.74, 6) is 0.523. The number of anilines is 2. The van der Waals surface area contributed by atoms with Crippen LogP contribution in [-0.4, -0.2) is 37.3 Å². The number of morpholine rings is 1. The van der Waals surface area contributed by atoms with E-state index in [0.29, 0.717) is 25.4 Å². The van der Waals surface area contributed by atoms with E-state index < -0.39 is 0 Å². The molecule has 6 nitrogen and oxygen atoms in total. The van der Waals surface area contributed by atoms with Crippen molar-refractivity contribution in [1.82, 2.24) is 10.3 Å². The smallest absolute Gasteiger partial charge is 0.319 e. The Bertz CT molecular complexity index is 687. The third-order valence-corrected chi connectivity index (χ3v) is 3.72. The van der Waals surface area contributed by atoms with Crippen LogP contribution in [0.2, 0.25) is 0 Å². The zero-order chi connectivity index (χ0) is 16.8. The SMILES string of the molecule is O=C(NCc1cccnc1N1CCOCC1)Nc1ccc(F)cc1. The van der Waals surface area contributed by atoms with Crippen LogP contribution >= 0.6 is 0 Å². The van der Waals surface area contributed by atoms with Crippen LogP contribution in [0.15, 0.2) is 42.6 Å². The first-order valence-electron chi connectivity index (χ1n) is 7.79. The number of benzene rings is 1. The van der Waals surface area contributed by atoms with E-state index in [2.05, 4.69) is 20.5 Å². The van der Waals surface area contributed by atoms with Crippen LogP contribution < -0.4 is 15.5 Å². The zero-order valence-corrected chi connectivity index (χ0v) is 13.2. The van der Waals surface area contributed by atoms with Gasteiger partial charge in [-0.05, 0) is 30.3 Å². The largest absolute Gasteiger partial charge is 0.378 e. The number of hydrogen-bond donors (Lipinski definition) is 2. The number of aromatic nitrogens is 1. The molecule has 126 valence electrons. The van der Waals surface area contributed by atoms with Crippen molar-refractivity contribution in [3.05, 3.63) is 54.0 Å². The van der Waals surface area contributed by atoms with Crippen molar-refractivity contribution < 1.29 is 13.9 Å². The van der Waals surface area contributed by atoms with Crippen molar-refractivity contribution in [2.24, 2.45) is 0 Å². The van der Waals surface area contributed by atoms with Gasteiger partial charge in [-0.25, -0.2) is 14.2 Å². The second kappa shape index (κ2) is 7.74. The Kier molecular flexibility index (Phi) is 5.22. The van der Waals surface area contributed by atoms with Gasteiger partial charge in [-0.1, -0.05) is 6.07 Å². The van der Waals surface area contributed by atoms with E-state index in [4.69, 9.17) is 4.74 Å². The lowest BCUT2D eigenvalue weighted by atomic mass is 10.2. The number of rotatable bonds is 4. The number of nitrogens with one attached hydrogen (secondary N) is 2. The van der Waals surface area contributed by atoms with Crippen LogP contribution in [0.1, 0.15) is 5.56 Å². The highest BCUT2D eigenvalue weighted by atomic mass is 19.1. The summed E-state index contributed by atoms with van der Waals surface area (Å²) in [5, 5.41) is 5.47. The van der Waals surface area contributed by atoms with Gasteiger partial charge in [0, 0.05) is 37.1 Å². The summed E-state index contributed by atoms with van der Waals surface area (Å²) < 4.78 is 18.2. The van der Waals surface area contributed by atoms with Gasteiger partial charge in [0.2, 0.25) is 0 Å². The Balaban J connectivity index is 1.59. The van der Waals surface area contributed by atoms with Gasteiger partial charge in [0.05, 0.1) is 13.2 Å². The summed E-state index contributed by atoms with van der Waals surface area (Å²) >= 11 is 0. The van der Waals surface area contributed by atoms with Crippen molar-refractivity contribution in [2.75, 3.05) is 36.5 Å². The van der Waals surface area contributed by atoms with Crippen molar-refractivity contribution in [2.45, 2.75) is 6.54 Å². The lowest BCUT2D eigenvalue weighted by molar-refractivity contribution is 0.122. The Morgan fingerprint density at radius 2 is 1.96 bits per heavy atom. The highest BCUT2D eigenvalue weighted by Crippen LogP contribution is 2.18. The minimum Gasteiger partial charge on any atom is -0.378 e. The van der Waals surface area contributed by atoms with Crippen molar-refractivity contribution >= 4 is 17.5 Å². The molecule has 24 heavy (non-hydrogen) atoms. The predicted molar refractivity (Wildman–Crippen MR) is 89.5 cm³/mol. The van der Waals surface area contributed by atoms with Crippen molar-refractivity contribution in [3.8, 4) is 0 Å². The second-order valence-corrected chi connectivity index (χ2v) is 5.40. The lowest BCUT2D eigenvalue weighted by Crippen LogP contribution is -2.38. The summed E-state index contributed by atoms with van der Waals surface area (Å²) in [7, 11) is 0. The van der Waals surface area contributed by atoms with E-state index in [9.17, 15) is 9.18 Å². The number of nitrogens with zero attached hydrogens (tertiary/aromatic N) is 2. The molecule has 0 bridgehead atoms. The second-order valence-electron chi connectivity index (χ2n) is 5.40. The molecule has 0 atom stereocenters. The number of pyridine rings is 1. The molecule has 1 aliphatic rings. The van der Waals surface area contributed by atoms with Crippen LogP contribution in [-0.2, 0) is 11.3 Å².